The highest BCUT2D eigenvalue weighted by Crippen LogP contribution is 2.20. The van der Waals surface area contributed by atoms with Crippen molar-refractivity contribution in [2.24, 2.45) is 0 Å². The number of nitro benzene ring substituents is 1. The van der Waals surface area contributed by atoms with Crippen molar-refractivity contribution in [3.63, 3.8) is 0 Å². The molecule has 0 aliphatic rings. The summed E-state index contributed by atoms with van der Waals surface area (Å²) in [6, 6.07) is 6.68. The highest BCUT2D eigenvalue weighted by molar-refractivity contribution is 6.45. The number of unbranched alkanes of at least 4 members (excludes halogenated alkanes) is 1. The molecule has 1 aromatic carbocycles. The molecular weight excluding hydrogens is 267 g/mol. The van der Waals surface area contributed by atoms with E-state index < -0.39 is 33.9 Å². The zero-order valence-electron chi connectivity index (χ0n) is 10.4. The second-order valence-corrected chi connectivity index (χ2v) is 3.99. The van der Waals surface area contributed by atoms with E-state index in [9.17, 15) is 24.1 Å². The van der Waals surface area contributed by atoms with Crippen molar-refractivity contribution >= 4 is 17.3 Å². The summed E-state index contributed by atoms with van der Waals surface area (Å²) in [4.78, 5) is 33.3. The van der Waals surface area contributed by atoms with Crippen molar-refractivity contribution in [2.45, 2.75) is 25.4 Å². The molecule has 1 rings (SSSR count). The summed E-state index contributed by atoms with van der Waals surface area (Å²) in [7, 11) is 0. The summed E-state index contributed by atoms with van der Waals surface area (Å²) < 4.78 is 13.5. The number of Topliss-reactive ketones (excluding diaryl/α,β-unsaturated/α-hetero) is 2. The Morgan fingerprint density at radius 2 is 2.05 bits per heavy atom. The number of nitrogens with zero attached hydrogens (tertiary/aromatic N) is 2. The molecule has 0 amide bonds. The lowest BCUT2D eigenvalue weighted by Crippen LogP contribution is -2.25. The largest absolute Gasteiger partial charge is 0.287 e. The van der Waals surface area contributed by atoms with Crippen molar-refractivity contribution in [2.75, 3.05) is 0 Å². The maximum absolute atomic E-state index is 13.5. The molecule has 0 bridgehead atoms. The molecule has 0 saturated heterocycles. The molecule has 0 N–H and O–H groups in total. The number of carbonyl (C=O) groups excluding carboxylic acids is 2. The van der Waals surface area contributed by atoms with Crippen LogP contribution in [0.5, 0.6) is 0 Å². The minimum atomic E-state index is -2.05. The van der Waals surface area contributed by atoms with Gasteiger partial charge in [-0.3, -0.25) is 19.7 Å². The molecule has 104 valence electrons. The van der Waals surface area contributed by atoms with Gasteiger partial charge in [-0.25, -0.2) is 4.39 Å². The first-order valence-electron chi connectivity index (χ1n) is 5.82. The standard InChI is InChI=1S/C13H11FN2O4/c14-10(6-3-4-8-15)13(18)12(17)9-5-1-2-7-11(9)16(19)20/h1-2,5,7,10H,3-4,6H2. The number of nitriles is 1. The number of nitro groups is 1. The lowest BCUT2D eigenvalue weighted by Gasteiger charge is -2.05. The minimum Gasteiger partial charge on any atom is -0.287 e. The smallest absolute Gasteiger partial charge is 0.280 e. The SMILES string of the molecule is N#CCCCC(F)C(=O)C(=O)c1ccccc1[N+](=O)[O-]. The Balaban J connectivity index is 2.87. The molecule has 0 heterocycles. The molecule has 1 aromatic rings. The molecule has 1 atom stereocenters. The quantitative estimate of drug-likeness (QED) is 0.250. The van der Waals surface area contributed by atoms with Gasteiger partial charge in [0.25, 0.3) is 5.69 Å². The van der Waals surface area contributed by atoms with Gasteiger partial charge in [0, 0.05) is 12.5 Å². The number of halogens is 1. The van der Waals surface area contributed by atoms with Crippen LogP contribution in [-0.2, 0) is 4.79 Å². The predicted octanol–water partition coefficient (Wildman–Crippen LogP) is 2.38. The maximum Gasteiger partial charge on any atom is 0.280 e. The van der Waals surface area contributed by atoms with Crippen molar-refractivity contribution in [1.29, 1.82) is 5.26 Å². The number of hydrogen-bond donors (Lipinski definition) is 0. The number of alkyl halides is 1. The van der Waals surface area contributed by atoms with Crippen molar-refractivity contribution in [1.82, 2.24) is 0 Å². The predicted molar refractivity (Wildman–Crippen MR) is 66.8 cm³/mol. The van der Waals surface area contributed by atoms with Crippen molar-refractivity contribution < 1.29 is 18.9 Å². The van der Waals surface area contributed by atoms with Gasteiger partial charge in [-0.05, 0) is 18.9 Å². The first kappa shape index (κ1) is 15.4. The van der Waals surface area contributed by atoms with Crippen LogP contribution in [0.15, 0.2) is 24.3 Å². The van der Waals surface area contributed by atoms with Crippen LogP contribution in [0.2, 0.25) is 0 Å². The number of benzene rings is 1. The highest BCUT2D eigenvalue weighted by atomic mass is 19.1. The Morgan fingerprint density at radius 3 is 2.65 bits per heavy atom. The maximum atomic E-state index is 13.5. The second kappa shape index (κ2) is 7.09. The van der Waals surface area contributed by atoms with Gasteiger partial charge in [0.1, 0.15) is 5.56 Å². The number of ketones is 2. The topological polar surface area (TPSA) is 101 Å². The van der Waals surface area contributed by atoms with Crippen LogP contribution in [0.25, 0.3) is 0 Å². The minimum absolute atomic E-state index is 0.0768. The number of carbonyl (C=O) groups is 2. The normalized spacial score (nSPS) is 11.4. The van der Waals surface area contributed by atoms with Gasteiger partial charge < -0.3 is 0 Å². The van der Waals surface area contributed by atoms with Gasteiger partial charge in [-0.15, -0.1) is 0 Å². The van der Waals surface area contributed by atoms with Crippen LogP contribution in [-0.4, -0.2) is 22.7 Å². The molecule has 0 saturated carbocycles. The van der Waals surface area contributed by atoms with Gasteiger partial charge >= 0.3 is 0 Å². The molecule has 0 radical (unpaired) electrons. The monoisotopic (exact) mass is 278 g/mol. The molecule has 0 aliphatic carbocycles. The van der Waals surface area contributed by atoms with E-state index >= 15 is 0 Å². The third-order valence-corrected chi connectivity index (χ3v) is 2.60. The van der Waals surface area contributed by atoms with E-state index in [-0.39, 0.29) is 19.3 Å². The van der Waals surface area contributed by atoms with Crippen LogP contribution in [0, 0.1) is 21.4 Å². The van der Waals surface area contributed by atoms with Gasteiger partial charge in [0.05, 0.1) is 11.0 Å². The summed E-state index contributed by atoms with van der Waals surface area (Å²) in [5.74, 6) is -2.54. The third-order valence-electron chi connectivity index (χ3n) is 2.60. The van der Waals surface area contributed by atoms with Gasteiger partial charge in [-0.1, -0.05) is 12.1 Å². The van der Waals surface area contributed by atoms with Crippen LogP contribution in [0.1, 0.15) is 29.6 Å². The van der Waals surface area contributed by atoms with E-state index in [2.05, 4.69) is 0 Å². The number of hydrogen-bond acceptors (Lipinski definition) is 5. The fourth-order valence-corrected chi connectivity index (χ4v) is 1.59. The fourth-order valence-electron chi connectivity index (χ4n) is 1.59. The average molecular weight is 278 g/mol. The first-order valence-corrected chi connectivity index (χ1v) is 5.82. The summed E-state index contributed by atoms with van der Waals surface area (Å²) >= 11 is 0. The van der Waals surface area contributed by atoms with Gasteiger partial charge in [0.15, 0.2) is 6.17 Å². The lowest BCUT2D eigenvalue weighted by atomic mass is 10.00. The first-order chi connectivity index (χ1) is 9.49. The van der Waals surface area contributed by atoms with E-state index in [0.29, 0.717) is 0 Å². The zero-order chi connectivity index (χ0) is 15.1. The zero-order valence-corrected chi connectivity index (χ0v) is 10.4. The van der Waals surface area contributed by atoms with E-state index in [1.165, 1.54) is 12.1 Å². The summed E-state index contributed by atoms with van der Waals surface area (Å²) in [5, 5.41) is 19.0. The molecular formula is C13H11FN2O4. The van der Waals surface area contributed by atoms with Crippen LogP contribution < -0.4 is 0 Å². The van der Waals surface area contributed by atoms with E-state index in [0.717, 1.165) is 12.1 Å². The molecule has 0 aliphatic heterocycles. The van der Waals surface area contributed by atoms with E-state index in [4.69, 9.17) is 5.26 Å². The van der Waals surface area contributed by atoms with Crippen molar-refractivity contribution in [3.05, 3.63) is 39.9 Å². The molecule has 7 heteroatoms. The average Bonchev–Trinajstić information content (AvgIpc) is 2.45. The van der Waals surface area contributed by atoms with Gasteiger partial charge in [0.2, 0.25) is 11.6 Å². The Morgan fingerprint density at radius 1 is 1.40 bits per heavy atom. The Bertz CT molecular complexity index is 580. The highest BCUT2D eigenvalue weighted by Gasteiger charge is 2.30. The van der Waals surface area contributed by atoms with E-state index in [1.54, 1.807) is 6.07 Å². The fraction of sp³-hybridized carbons (Fsp3) is 0.308. The van der Waals surface area contributed by atoms with Crippen LogP contribution in [0.3, 0.4) is 0 Å². The van der Waals surface area contributed by atoms with Gasteiger partial charge in [-0.2, -0.15) is 5.26 Å². The summed E-state index contributed by atoms with van der Waals surface area (Å²) in [5.41, 5.74) is -0.958. The Labute approximate surface area is 114 Å². The molecule has 1 unspecified atom stereocenters. The number of para-hydroxylation sites is 1. The summed E-state index contributed by atoms with van der Waals surface area (Å²) in [6.45, 7) is 0. The summed E-state index contributed by atoms with van der Waals surface area (Å²) in [6.07, 6.45) is -2.07. The van der Waals surface area contributed by atoms with Crippen molar-refractivity contribution in [3.8, 4) is 6.07 Å². The number of rotatable bonds is 7. The van der Waals surface area contributed by atoms with E-state index in [1.807, 2.05) is 0 Å². The Kier molecular flexibility index (Phi) is 5.47. The molecule has 0 aromatic heterocycles. The molecule has 20 heavy (non-hydrogen) atoms. The van der Waals surface area contributed by atoms with Crippen LogP contribution in [0.4, 0.5) is 10.1 Å². The Hall–Kier alpha value is -2.62. The third kappa shape index (κ3) is 3.68. The second-order valence-electron chi connectivity index (χ2n) is 3.99. The lowest BCUT2D eigenvalue weighted by molar-refractivity contribution is -0.385. The molecule has 6 nitrogen and oxygen atoms in total. The molecule has 0 spiro atoms. The van der Waals surface area contributed by atoms with Crippen LogP contribution >= 0.6 is 0 Å². The molecule has 0 fully saturated rings.